The van der Waals surface area contributed by atoms with E-state index in [-0.39, 0.29) is 17.5 Å². The van der Waals surface area contributed by atoms with E-state index in [9.17, 15) is 9.90 Å². The molecule has 0 aromatic carbocycles. The van der Waals surface area contributed by atoms with Gasteiger partial charge in [0.15, 0.2) is 5.13 Å². The van der Waals surface area contributed by atoms with E-state index in [1.54, 1.807) is 18.5 Å². The van der Waals surface area contributed by atoms with Crippen LogP contribution in [0.2, 0.25) is 0 Å². The van der Waals surface area contributed by atoms with Gasteiger partial charge in [0.1, 0.15) is 5.76 Å². The van der Waals surface area contributed by atoms with Crippen LogP contribution in [0.1, 0.15) is 63.0 Å². The van der Waals surface area contributed by atoms with Crippen molar-refractivity contribution < 1.29 is 14.3 Å². The first-order chi connectivity index (χ1) is 12.8. The minimum absolute atomic E-state index is 0.0834. The highest BCUT2D eigenvalue weighted by Crippen LogP contribution is 2.25. The highest BCUT2D eigenvalue weighted by atomic mass is 32.1. The van der Waals surface area contributed by atoms with Crippen LogP contribution in [0.4, 0.5) is 9.93 Å². The number of carbonyl (C=O) groups is 1. The van der Waals surface area contributed by atoms with Crippen LogP contribution in [-0.4, -0.2) is 33.3 Å². The van der Waals surface area contributed by atoms with E-state index in [1.165, 1.54) is 11.3 Å². The number of urea groups is 1. The molecule has 146 valence electrons. The Morgan fingerprint density at radius 1 is 1.26 bits per heavy atom. The van der Waals surface area contributed by atoms with Gasteiger partial charge in [-0.15, -0.1) is 0 Å². The second kappa shape index (κ2) is 8.22. The summed E-state index contributed by atoms with van der Waals surface area (Å²) in [4.78, 5) is 21.4. The molecule has 1 aliphatic carbocycles. The molecular weight excluding hydrogens is 364 g/mol. The summed E-state index contributed by atoms with van der Waals surface area (Å²) in [6.07, 6.45) is 10.1. The Kier molecular flexibility index (Phi) is 5.96. The Balaban J connectivity index is 1.55. The fraction of sp³-hybridized carbons (Fsp3) is 0.526. The third-order valence-corrected chi connectivity index (χ3v) is 5.32. The number of hydrogen-bond acceptors (Lipinski definition) is 6. The Morgan fingerprint density at radius 2 is 2.04 bits per heavy atom. The molecule has 0 radical (unpaired) electrons. The highest BCUT2D eigenvalue weighted by Gasteiger charge is 2.24. The van der Waals surface area contributed by atoms with Crippen LogP contribution in [0.3, 0.4) is 0 Å². The summed E-state index contributed by atoms with van der Waals surface area (Å²) in [5.41, 5.74) is -0.0834. The van der Waals surface area contributed by atoms with E-state index in [1.807, 2.05) is 6.08 Å². The average Bonchev–Trinajstić information content (AvgIpc) is 3.24. The summed E-state index contributed by atoms with van der Waals surface area (Å²) in [6.45, 7) is 6.21. The monoisotopic (exact) mass is 390 g/mol. The highest BCUT2D eigenvalue weighted by molar-refractivity contribution is 7.16. The molecule has 3 rings (SSSR count). The van der Waals surface area contributed by atoms with Gasteiger partial charge in [0, 0.05) is 22.6 Å². The number of amides is 2. The summed E-state index contributed by atoms with van der Waals surface area (Å²) in [5.74, 6) is 1.36. The van der Waals surface area contributed by atoms with Crippen molar-refractivity contribution in [2.24, 2.45) is 0 Å². The topological polar surface area (TPSA) is 100 Å². The third-order valence-electron chi connectivity index (χ3n) is 4.44. The van der Waals surface area contributed by atoms with Crippen LogP contribution in [0.5, 0.6) is 0 Å². The van der Waals surface area contributed by atoms with Gasteiger partial charge < -0.3 is 14.8 Å². The van der Waals surface area contributed by atoms with Crippen LogP contribution in [-0.2, 0) is 5.41 Å². The summed E-state index contributed by atoms with van der Waals surface area (Å²) in [5, 5.41) is 16.0. The Hall–Kier alpha value is -2.19. The van der Waals surface area contributed by atoms with Gasteiger partial charge >= 0.3 is 6.03 Å². The van der Waals surface area contributed by atoms with Crippen molar-refractivity contribution >= 4 is 34.7 Å². The number of nitrogens with zero attached hydrogens (tertiary/aromatic N) is 2. The van der Waals surface area contributed by atoms with Crippen molar-refractivity contribution in [3.8, 4) is 0 Å². The van der Waals surface area contributed by atoms with Crippen molar-refractivity contribution in [3.05, 3.63) is 28.9 Å². The number of anilines is 1. The van der Waals surface area contributed by atoms with E-state index in [2.05, 4.69) is 41.4 Å². The standard InChI is InChI=1S/C19H26N4O3S/c1-19(2,3)15-11-20-16(26-15)9-8-12-10-21-18(27-12)23-17(25)22-13-6-4-5-7-14(13)24/h8-11,13-14,24H,4-7H2,1-3H3,(H2,21,22,23,25)/b9-8+/t13-,14-/m0/s1. The normalized spacial score (nSPS) is 20.7. The predicted molar refractivity (Wildman–Crippen MR) is 107 cm³/mol. The number of aromatic nitrogens is 2. The lowest BCUT2D eigenvalue weighted by Crippen LogP contribution is -2.46. The lowest BCUT2D eigenvalue weighted by atomic mass is 9.93. The summed E-state index contributed by atoms with van der Waals surface area (Å²) < 4.78 is 5.72. The molecule has 3 N–H and O–H groups in total. The number of carbonyl (C=O) groups excluding carboxylic acids is 1. The zero-order valence-electron chi connectivity index (χ0n) is 15.9. The quantitative estimate of drug-likeness (QED) is 0.732. The van der Waals surface area contributed by atoms with Gasteiger partial charge in [0.2, 0.25) is 5.89 Å². The van der Waals surface area contributed by atoms with E-state index in [0.29, 0.717) is 11.0 Å². The molecule has 2 amide bonds. The van der Waals surface area contributed by atoms with Crippen LogP contribution < -0.4 is 10.6 Å². The first kappa shape index (κ1) is 19.6. The summed E-state index contributed by atoms with van der Waals surface area (Å²) in [6, 6.07) is -0.534. The van der Waals surface area contributed by atoms with Crippen LogP contribution >= 0.6 is 11.3 Å². The first-order valence-electron chi connectivity index (χ1n) is 9.17. The molecule has 0 aliphatic heterocycles. The molecule has 1 fully saturated rings. The molecule has 27 heavy (non-hydrogen) atoms. The van der Waals surface area contributed by atoms with Crippen LogP contribution in [0.25, 0.3) is 12.2 Å². The lowest BCUT2D eigenvalue weighted by molar-refractivity contribution is 0.0955. The Morgan fingerprint density at radius 3 is 2.74 bits per heavy atom. The van der Waals surface area contributed by atoms with Gasteiger partial charge in [-0.25, -0.2) is 14.8 Å². The molecule has 1 saturated carbocycles. The van der Waals surface area contributed by atoms with E-state index < -0.39 is 6.10 Å². The number of thiazole rings is 1. The van der Waals surface area contributed by atoms with E-state index in [0.717, 1.165) is 36.3 Å². The van der Waals surface area contributed by atoms with E-state index >= 15 is 0 Å². The molecule has 2 aromatic rings. The number of rotatable bonds is 4. The molecule has 7 nitrogen and oxygen atoms in total. The lowest BCUT2D eigenvalue weighted by Gasteiger charge is -2.28. The summed E-state index contributed by atoms with van der Waals surface area (Å²) >= 11 is 1.35. The van der Waals surface area contributed by atoms with Gasteiger partial charge in [0.05, 0.1) is 18.3 Å². The maximum atomic E-state index is 12.1. The third kappa shape index (κ3) is 5.40. The molecule has 2 heterocycles. The van der Waals surface area contributed by atoms with Gasteiger partial charge in [-0.1, -0.05) is 44.9 Å². The number of aliphatic hydroxyl groups is 1. The number of nitrogens with one attached hydrogen (secondary N) is 2. The Labute approximate surface area is 162 Å². The maximum absolute atomic E-state index is 12.1. The number of hydrogen-bond donors (Lipinski definition) is 3. The van der Waals surface area contributed by atoms with Crippen molar-refractivity contribution in [3.63, 3.8) is 0 Å². The molecular formula is C19H26N4O3S. The maximum Gasteiger partial charge on any atom is 0.321 e. The fourth-order valence-electron chi connectivity index (χ4n) is 2.87. The molecule has 0 spiro atoms. The fourth-order valence-corrected chi connectivity index (χ4v) is 3.58. The number of oxazole rings is 1. The van der Waals surface area contributed by atoms with Crippen molar-refractivity contribution in [1.82, 2.24) is 15.3 Å². The Bertz CT molecular complexity index is 806. The van der Waals surface area contributed by atoms with E-state index in [4.69, 9.17) is 4.42 Å². The van der Waals surface area contributed by atoms with Crippen molar-refractivity contribution in [2.75, 3.05) is 5.32 Å². The first-order valence-corrected chi connectivity index (χ1v) is 9.99. The minimum Gasteiger partial charge on any atom is -0.441 e. The average molecular weight is 391 g/mol. The minimum atomic E-state index is -0.474. The molecule has 0 bridgehead atoms. The second-order valence-corrected chi connectivity index (χ2v) is 8.83. The SMILES string of the molecule is CC(C)(C)c1cnc(/C=C/c2cnc(NC(=O)N[C@H]3CCCC[C@@H]3O)s2)o1. The molecule has 8 heteroatoms. The zero-order valence-corrected chi connectivity index (χ0v) is 16.7. The zero-order chi connectivity index (χ0) is 19.4. The number of aliphatic hydroxyl groups excluding tert-OH is 1. The summed E-state index contributed by atoms with van der Waals surface area (Å²) in [7, 11) is 0. The van der Waals surface area contributed by atoms with Crippen molar-refractivity contribution in [2.45, 2.75) is 64.0 Å². The molecule has 0 saturated heterocycles. The van der Waals surface area contributed by atoms with Crippen LogP contribution in [0, 0.1) is 0 Å². The van der Waals surface area contributed by atoms with Crippen LogP contribution in [0.15, 0.2) is 16.8 Å². The smallest absolute Gasteiger partial charge is 0.321 e. The van der Waals surface area contributed by atoms with Gasteiger partial charge in [-0.2, -0.15) is 0 Å². The molecule has 1 aliphatic rings. The molecule has 2 atom stereocenters. The molecule has 0 unspecified atom stereocenters. The van der Waals surface area contributed by atoms with Gasteiger partial charge in [-0.3, -0.25) is 5.32 Å². The van der Waals surface area contributed by atoms with Gasteiger partial charge in [0.25, 0.3) is 0 Å². The predicted octanol–water partition coefficient (Wildman–Crippen LogP) is 4.02. The second-order valence-electron chi connectivity index (χ2n) is 7.77. The molecule has 2 aromatic heterocycles. The largest absolute Gasteiger partial charge is 0.441 e. The van der Waals surface area contributed by atoms with Gasteiger partial charge in [-0.05, 0) is 18.9 Å². The van der Waals surface area contributed by atoms with Crippen molar-refractivity contribution in [1.29, 1.82) is 0 Å².